The summed E-state index contributed by atoms with van der Waals surface area (Å²) in [6.07, 6.45) is 16.0. The van der Waals surface area contributed by atoms with Gasteiger partial charge in [0.05, 0.1) is 24.8 Å². The van der Waals surface area contributed by atoms with Crippen molar-refractivity contribution in [2.45, 2.75) is 0 Å². The highest BCUT2D eigenvalue weighted by atomic mass is 19.5. The largest absolute Gasteiger partial charge is 0.673 e. The van der Waals surface area contributed by atoms with E-state index in [2.05, 4.69) is 54.6 Å². The first kappa shape index (κ1) is 28.9. The molecule has 0 aliphatic heterocycles. The lowest BCUT2D eigenvalue weighted by Gasteiger charge is -2.00. The number of benzene rings is 3. The van der Waals surface area contributed by atoms with Crippen molar-refractivity contribution < 1.29 is 26.4 Å². The second-order valence-electron chi connectivity index (χ2n) is 8.10. The van der Waals surface area contributed by atoms with E-state index in [4.69, 9.17) is 9.15 Å². The average Bonchev–Trinajstić information content (AvgIpc) is 2.95. The molecule has 0 aliphatic carbocycles. The smallest absolute Gasteiger partial charge is 0.497 e. The Kier molecular flexibility index (Phi) is 11.1. The zero-order chi connectivity index (χ0) is 27.9. The number of hydrogen-bond acceptors (Lipinski definition) is 1. The standard InChI is InChI=1S/C32H27O2.BF4/c1-33-30-22-20-26(21-23-30)14-8-4-2-3-5-13-19-31-24-29(27-15-9-6-10-16-27)25-32(34-31)28-17-11-7-12-18-28;2-1(3,4)5/h2-25H,1H3;/q+1;-1/b4-2+,5-3+,14-8+,19-13+;. The summed E-state index contributed by atoms with van der Waals surface area (Å²) in [4.78, 5) is 0. The van der Waals surface area contributed by atoms with Gasteiger partial charge in [-0.3, -0.25) is 0 Å². The van der Waals surface area contributed by atoms with Gasteiger partial charge in [0.1, 0.15) is 5.75 Å². The van der Waals surface area contributed by atoms with Gasteiger partial charge in [0.2, 0.25) is 0 Å². The van der Waals surface area contributed by atoms with Crippen LogP contribution in [0.4, 0.5) is 17.3 Å². The van der Waals surface area contributed by atoms with E-state index >= 15 is 0 Å². The number of methoxy groups -OCH3 is 1. The Bertz CT molecular complexity index is 1350. The molecule has 39 heavy (non-hydrogen) atoms. The van der Waals surface area contributed by atoms with Gasteiger partial charge in [-0.15, -0.1) is 0 Å². The van der Waals surface area contributed by atoms with Gasteiger partial charge >= 0.3 is 18.8 Å². The fraction of sp³-hybridized carbons (Fsp3) is 0.0312. The monoisotopic (exact) mass is 530 g/mol. The van der Waals surface area contributed by atoms with Gasteiger partial charge in [-0.05, 0) is 35.4 Å². The van der Waals surface area contributed by atoms with E-state index in [-0.39, 0.29) is 0 Å². The van der Waals surface area contributed by atoms with Crippen LogP contribution in [0.5, 0.6) is 5.75 Å². The zero-order valence-corrected chi connectivity index (χ0v) is 21.3. The Morgan fingerprint density at radius 1 is 0.590 bits per heavy atom. The number of hydrogen-bond donors (Lipinski definition) is 0. The van der Waals surface area contributed by atoms with Gasteiger partial charge in [0.15, 0.2) is 0 Å². The molecule has 4 rings (SSSR count). The minimum Gasteiger partial charge on any atom is -0.497 e. The molecule has 1 aromatic heterocycles. The summed E-state index contributed by atoms with van der Waals surface area (Å²) in [6.45, 7) is 0. The van der Waals surface area contributed by atoms with Crippen LogP contribution in [0, 0.1) is 0 Å². The summed E-state index contributed by atoms with van der Waals surface area (Å²) in [7, 11) is -4.33. The van der Waals surface area contributed by atoms with Crippen LogP contribution >= 0.6 is 0 Å². The summed E-state index contributed by atoms with van der Waals surface area (Å²) >= 11 is 0. The van der Waals surface area contributed by atoms with E-state index in [1.54, 1.807) is 7.11 Å². The molecule has 0 spiro atoms. The van der Waals surface area contributed by atoms with Crippen LogP contribution in [0.15, 0.2) is 138 Å². The van der Waals surface area contributed by atoms with E-state index < -0.39 is 7.25 Å². The molecular formula is C32H27BF4O2. The highest BCUT2D eigenvalue weighted by Gasteiger charge is 2.20. The van der Waals surface area contributed by atoms with Crippen LogP contribution in [0.1, 0.15) is 11.3 Å². The van der Waals surface area contributed by atoms with Gasteiger partial charge in [-0.1, -0.05) is 103 Å². The molecule has 0 radical (unpaired) electrons. The molecule has 0 amide bonds. The maximum Gasteiger partial charge on any atom is 0.673 e. The van der Waals surface area contributed by atoms with Gasteiger partial charge in [-0.25, -0.2) is 4.42 Å². The molecule has 1 heterocycles. The average molecular weight is 530 g/mol. The SMILES string of the molecule is COc1ccc(/C=C/C=C/C=C/C=C/c2cc(-c3ccccc3)cc(-c3ccccc3)[o+]2)cc1.F[B-](F)(F)F. The van der Waals surface area contributed by atoms with Gasteiger partial charge in [-0.2, -0.15) is 0 Å². The van der Waals surface area contributed by atoms with Crippen molar-refractivity contribution >= 4 is 19.4 Å². The second kappa shape index (κ2) is 14.9. The summed E-state index contributed by atoms with van der Waals surface area (Å²) in [5.74, 6) is 2.50. The first-order valence-corrected chi connectivity index (χ1v) is 12.1. The third kappa shape index (κ3) is 11.1. The van der Waals surface area contributed by atoms with Gasteiger partial charge in [0.25, 0.3) is 0 Å². The van der Waals surface area contributed by atoms with E-state index in [1.807, 2.05) is 91.1 Å². The number of rotatable bonds is 8. The van der Waals surface area contributed by atoms with E-state index in [1.165, 1.54) is 0 Å². The van der Waals surface area contributed by atoms with Crippen molar-refractivity contribution in [2.24, 2.45) is 0 Å². The molecule has 198 valence electrons. The van der Waals surface area contributed by atoms with E-state index in [9.17, 15) is 17.3 Å². The highest BCUT2D eigenvalue weighted by molar-refractivity contribution is 6.50. The number of ether oxygens (including phenoxy) is 1. The van der Waals surface area contributed by atoms with Crippen LogP contribution in [-0.2, 0) is 0 Å². The predicted molar refractivity (Wildman–Crippen MR) is 154 cm³/mol. The van der Waals surface area contributed by atoms with Crippen molar-refractivity contribution in [2.75, 3.05) is 7.11 Å². The topological polar surface area (TPSA) is 20.5 Å². The minimum atomic E-state index is -6.00. The summed E-state index contributed by atoms with van der Waals surface area (Å²) in [5.41, 5.74) is 4.46. The van der Waals surface area contributed by atoms with Crippen LogP contribution in [-0.4, -0.2) is 14.4 Å². The maximum absolute atomic E-state index is 9.75. The lowest BCUT2D eigenvalue weighted by atomic mass is 10.0. The predicted octanol–water partition coefficient (Wildman–Crippen LogP) is 10.0. The third-order valence-electron chi connectivity index (χ3n) is 5.20. The van der Waals surface area contributed by atoms with E-state index in [0.29, 0.717) is 0 Å². The molecule has 0 fully saturated rings. The van der Waals surface area contributed by atoms with Crippen LogP contribution < -0.4 is 4.74 Å². The van der Waals surface area contributed by atoms with Crippen molar-refractivity contribution in [1.29, 1.82) is 0 Å². The molecule has 0 atom stereocenters. The first-order valence-electron chi connectivity index (χ1n) is 12.1. The van der Waals surface area contributed by atoms with Gasteiger partial charge < -0.3 is 22.0 Å². The lowest BCUT2D eigenvalue weighted by Crippen LogP contribution is -2.02. The maximum atomic E-state index is 9.75. The molecule has 3 aromatic carbocycles. The highest BCUT2D eigenvalue weighted by Crippen LogP contribution is 2.28. The number of allylic oxidation sites excluding steroid dienone is 6. The molecule has 0 saturated carbocycles. The molecular weight excluding hydrogens is 503 g/mol. The van der Waals surface area contributed by atoms with Crippen LogP contribution in [0.25, 0.3) is 34.6 Å². The van der Waals surface area contributed by atoms with Crippen LogP contribution in [0.2, 0.25) is 0 Å². The van der Waals surface area contributed by atoms with E-state index in [0.717, 1.165) is 39.5 Å². The fourth-order valence-corrected chi connectivity index (χ4v) is 3.43. The second-order valence-corrected chi connectivity index (χ2v) is 8.10. The lowest BCUT2D eigenvalue weighted by molar-refractivity contribution is 0.368. The van der Waals surface area contributed by atoms with Crippen molar-refractivity contribution in [3.05, 3.63) is 145 Å². The van der Waals surface area contributed by atoms with Gasteiger partial charge in [0, 0.05) is 11.6 Å². The molecule has 7 heteroatoms. The summed E-state index contributed by atoms with van der Waals surface area (Å²) in [6, 6.07) is 32.7. The Balaban J connectivity index is 0.000000771. The third-order valence-corrected chi connectivity index (χ3v) is 5.20. The summed E-state index contributed by atoms with van der Waals surface area (Å²) in [5, 5.41) is 0. The molecule has 0 N–H and O–H groups in total. The number of halogens is 4. The molecule has 2 nitrogen and oxygen atoms in total. The Labute approximate surface area is 226 Å². The van der Waals surface area contributed by atoms with Crippen LogP contribution in [0.3, 0.4) is 0 Å². The Morgan fingerprint density at radius 2 is 1.10 bits per heavy atom. The quantitative estimate of drug-likeness (QED) is 0.0978. The molecule has 0 bridgehead atoms. The Hall–Kier alpha value is -4.65. The fourth-order valence-electron chi connectivity index (χ4n) is 3.43. The molecule has 0 saturated heterocycles. The molecule has 0 unspecified atom stereocenters. The molecule has 0 aliphatic rings. The zero-order valence-electron chi connectivity index (χ0n) is 21.3. The Morgan fingerprint density at radius 3 is 1.67 bits per heavy atom. The molecule has 4 aromatic rings. The first-order chi connectivity index (χ1) is 18.8. The van der Waals surface area contributed by atoms with Crippen molar-refractivity contribution in [3.63, 3.8) is 0 Å². The minimum absolute atomic E-state index is 0.799. The van der Waals surface area contributed by atoms with Crippen molar-refractivity contribution in [3.8, 4) is 28.2 Å². The summed E-state index contributed by atoms with van der Waals surface area (Å²) < 4.78 is 50.4. The normalized spacial score (nSPS) is 11.8. The van der Waals surface area contributed by atoms with Crippen molar-refractivity contribution in [1.82, 2.24) is 0 Å².